The molecule has 0 aliphatic heterocycles. The fourth-order valence-electron chi connectivity index (χ4n) is 1.96. The molecule has 1 unspecified atom stereocenters. The highest BCUT2D eigenvalue weighted by molar-refractivity contribution is 5.29. The normalized spacial score (nSPS) is 12.1. The number of aromatic nitrogens is 2. The third-order valence-electron chi connectivity index (χ3n) is 2.77. The first kappa shape index (κ1) is 11.8. The zero-order valence-corrected chi connectivity index (χ0v) is 10.4. The molecule has 0 spiro atoms. The van der Waals surface area contributed by atoms with Crippen LogP contribution >= 0.6 is 0 Å². The minimum atomic E-state index is 0.484. The van der Waals surface area contributed by atoms with Crippen LogP contribution in [0.3, 0.4) is 0 Å². The molecule has 0 aliphatic carbocycles. The van der Waals surface area contributed by atoms with Gasteiger partial charge >= 0.3 is 0 Å². The van der Waals surface area contributed by atoms with Gasteiger partial charge in [-0.05, 0) is 25.3 Å². The highest BCUT2D eigenvalue weighted by atomic mass is 15.3. The molecule has 0 N–H and O–H groups in total. The van der Waals surface area contributed by atoms with E-state index in [2.05, 4.69) is 44.6 Å². The lowest BCUT2D eigenvalue weighted by molar-refractivity contribution is 0.724. The van der Waals surface area contributed by atoms with Gasteiger partial charge in [0.2, 0.25) is 0 Å². The highest BCUT2D eigenvalue weighted by Crippen LogP contribution is 2.24. The lowest BCUT2D eigenvalue weighted by Crippen LogP contribution is -1.97. The van der Waals surface area contributed by atoms with Gasteiger partial charge in [-0.3, -0.25) is 4.68 Å². The monoisotopic (exact) mass is 204 g/mol. The third kappa shape index (κ3) is 2.62. The molecule has 82 valence electrons. The van der Waals surface area contributed by atoms with E-state index in [1.165, 1.54) is 11.3 Å². The quantitative estimate of drug-likeness (QED) is 0.677. The Kier molecular flexibility index (Phi) is 3.96. The topological polar surface area (TPSA) is 17.8 Å². The second-order valence-corrected chi connectivity index (χ2v) is 4.02. The second-order valence-electron chi connectivity index (χ2n) is 4.02. The molecule has 15 heavy (non-hydrogen) atoms. The Morgan fingerprint density at radius 2 is 2.00 bits per heavy atom. The zero-order valence-electron chi connectivity index (χ0n) is 10.4. The largest absolute Gasteiger partial charge is 0.272 e. The Labute approximate surface area is 92.7 Å². The molecule has 1 heterocycles. The van der Waals surface area contributed by atoms with E-state index < -0.39 is 0 Å². The van der Waals surface area contributed by atoms with Crippen LogP contribution in [0.1, 0.15) is 49.6 Å². The molecule has 1 aromatic heterocycles. The van der Waals surface area contributed by atoms with Crippen molar-refractivity contribution in [2.75, 3.05) is 0 Å². The van der Waals surface area contributed by atoms with Crippen LogP contribution in [0.15, 0.2) is 0 Å². The summed E-state index contributed by atoms with van der Waals surface area (Å²) in [5.41, 5.74) is 3.77. The lowest BCUT2D eigenvalue weighted by Gasteiger charge is -2.08. The fraction of sp³-hybridized carbons (Fsp3) is 0.615. The molecule has 2 nitrogen and oxygen atoms in total. The molecular weight excluding hydrogens is 184 g/mol. The van der Waals surface area contributed by atoms with Gasteiger partial charge < -0.3 is 0 Å². The first-order valence-electron chi connectivity index (χ1n) is 5.53. The molecule has 0 amide bonds. The second kappa shape index (κ2) is 5.02. The van der Waals surface area contributed by atoms with Crippen molar-refractivity contribution in [3.63, 3.8) is 0 Å². The zero-order chi connectivity index (χ0) is 11.4. The van der Waals surface area contributed by atoms with Gasteiger partial charge in [0.05, 0.1) is 5.69 Å². The summed E-state index contributed by atoms with van der Waals surface area (Å²) in [5.74, 6) is 6.81. The summed E-state index contributed by atoms with van der Waals surface area (Å²) in [7, 11) is 2.00. The van der Waals surface area contributed by atoms with E-state index >= 15 is 0 Å². The summed E-state index contributed by atoms with van der Waals surface area (Å²) in [5, 5.41) is 4.43. The Morgan fingerprint density at radius 1 is 1.33 bits per heavy atom. The number of aryl methyl sites for hydroxylation is 2. The van der Waals surface area contributed by atoms with Crippen molar-refractivity contribution in [3.05, 3.63) is 17.0 Å². The van der Waals surface area contributed by atoms with Gasteiger partial charge in [0.1, 0.15) is 0 Å². The standard InChI is InChI=1S/C13H20N2/c1-6-7-8-9-10(2)13-11(3)14-15(5)12(13)4/h10H,6,9H2,1-5H3. The van der Waals surface area contributed by atoms with Crippen LogP contribution in [0, 0.1) is 25.7 Å². The van der Waals surface area contributed by atoms with E-state index in [9.17, 15) is 0 Å². The number of rotatable bonds is 2. The summed E-state index contributed by atoms with van der Waals surface area (Å²) in [6.07, 6.45) is 1.87. The van der Waals surface area contributed by atoms with Crippen molar-refractivity contribution in [2.45, 2.75) is 46.5 Å². The lowest BCUT2D eigenvalue weighted by atomic mass is 9.96. The maximum Gasteiger partial charge on any atom is 0.0631 e. The fourth-order valence-corrected chi connectivity index (χ4v) is 1.96. The highest BCUT2D eigenvalue weighted by Gasteiger charge is 2.14. The van der Waals surface area contributed by atoms with Crippen molar-refractivity contribution in [1.82, 2.24) is 9.78 Å². The van der Waals surface area contributed by atoms with Crippen LogP contribution in [-0.2, 0) is 7.05 Å². The average Bonchev–Trinajstić information content (AvgIpc) is 2.41. The minimum absolute atomic E-state index is 0.484. The van der Waals surface area contributed by atoms with Crippen LogP contribution in [0.4, 0.5) is 0 Å². The van der Waals surface area contributed by atoms with Crippen molar-refractivity contribution in [2.24, 2.45) is 7.05 Å². The first-order chi connectivity index (χ1) is 7.07. The number of hydrogen-bond acceptors (Lipinski definition) is 1. The van der Waals surface area contributed by atoms with Crippen molar-refractivity contribution < 1.29 is 0 Å². The molecule has 0 saturated carbocycles. The summed E-state index contributed by atoms with van der Waals surface area (Å²) in [6.45, 7) is 8.50. The van der Waals surface area contributed by atoms with Crippen molar-refractivity contribution in [3.8, 4) is 11.8 Å². The molecule has 1 rings (SSSR count). The van der Waals surface area contributed by atoms with E-state index in [0.717, 1.165) is 18.5 Å². The molecular formula is C13H20N2. The van der Waals surface area contributed by atoms with Gasteiger partial charge in [0.25, 0.3) is 0 Å². The third-order valence-corrected chi connectivity index (χ3v) is 2.77. The molecule has 0 fully saturated rings. The van der Waals surface area contributed by atoms with Gasteiger partial charge in [-0.1, -0.05) is 13.8 Å². The summed E-state index contributed by atoms with van der Waals surface area (Å²) >= 11 is 0. The van der Waals surface area contributed by atoms with E-state index in [-0.39, 0.29) is 0 Å². The van der Waals surface area contributed by atoms with Crippen molar-refractivity contribution >= 4 is 0 Å². The Morgan fingerprint density at radius 3 is 2.47 bits per heavy atom. The van der Waals surface area contributed by atoms with Crippen LogP contribution in [0.2, 0.25) is 0 Å². The summed E-state index contributed by atoms with van der Waals surface area (Å²) in [6, 6.07) is 0. The first-order valence-corrected chi connectivity index (χ1v) is 5.53. The van der Waals surface area contributed by atoms with Crippen LogP contribution in [-0.4, -0.2) is 9.78 Å². The summed E-state index contributed by atoms with van der Waals surface area (Å²) < 4.78 is 1.95. The van der Waals surface area contributed by atoms with Crippen molar-refractivity contribution in [1.29, 1.82) is 0 Å². The van der Waals surface area contributed by atoms with Gasteiger partial charge in [-0.25, -0.2) is 0 Å². The predicted octanol–water partition coefficient (Wildman–Crippen LogP) is 2.94. The molecule has 1 aromatic rings. The molecule has 0 aliphatic rings. The molecule has 0 saturated heterocycles. The number of nitrogens with zero attached hydrogens (tertiary/aromatic N) is 2. The minimum Gasteiger partial charge on any atom is -0.272 e. The number of hydrogen-bond donors (Lipinski definition) is 0. The SMILES string of the molecule is CCC#CCC(C)c1c(C)nn(C)c1C. The van der Waals surface area contributed by atoms with E-state index in [1.807, 2.05) is 11.7 Å². The van der Waals surface area contributed by atoms with E-state index in [4.69, 9.17) is 0 Å². The van der Waals surface area contributed by atoms with Gasteiger partial charge in [0.15, 0.2) is 0 Å². The van der Waals surface area contributed by atoms with Gasteiger partial charge in [-0.15, -0.1) is 11.8 Å². The Bertz CT molecular complexity index is 391. The molecule has 0 aromatic carbocycles. The Balaban J connectivity index is 2.86. The Hall–Kier alpha value is -1.23. The van der Waals surface area contributed by atoms with Gasteiger partial charge in [0, 0.05) is 25.6 Å². The van der Waals surface area contributed by atoms with Crippen LogP contribution in [0.25, 0.3) is 0 Å². The van der Waals surface area contributed by atoms with E-state index in [0.29, 0.717) is 5.92 Å². The molecule has 0 bridgehead atoms. The summed E-state index contributed by atoms with van der Waals surface area (Å²) in [4.78, 5) is 0. The molecule has 2 heteroatoms. The van der Waals surface area contributed by atoms with E-state index in [1.54, 1.807) is 0 Å². The maximum absolute atomic E-state index is 4.43. The predicted molar refractivity (Wildman–Crippen MR) is 63.8 cm³/mol. The molecule has 0 radical (unpaired) electrons. The van der Waals surface area contributed by atoms with Gasteiger partial charge in [-0.2, -0.15) is 5.10 Å². The van der Waals surface area contributed by atoms with Crippen LogP contribution < -0.4 is 0 Å². The average molecular weight is 204 g/mol. The molecule has 1 atom stereocenters. The van der Waals surface area contributed by atoms with Crippen LogP contribution in [0.5, 0.6) is 0 Å². The maximum atomic E-state index is 4.43. The smallest absolute Gasteiger partial charge is 0.0631 e.